The third kappa shape index (κ3) is 1.44. The van der Waals surface area contributed by atoms with Crippen LogP contribution in [0.4, 0.5) is 0 Å². The first kappa shape index (κ1) is 9.68. The molecule has 0 radical (unpaired) electrons. The van der Waals surface area contributed by atoms with Gasteiger partial charge in [-0.2, -0.15) is 0 Å². The smallest absolute Gasteiger partial charge is 0.160 e. The lowest BCUT2D eigenvalue weighted by Gasteiger charge is -2.33. The predicted octanol–water partition coefficient (Wildman–Crippen LogP) is 0.792. The van der Waals surface area contributed by atoms with Crippen molar-refractivity contribution in [3.8, 4) is 0 Å². The van der Waals surface area contributed by atoms with Gasteiger partial charge in [-0.05, 0) is 12.5 Å². The molecule has 3 nitrogen and oxygen atoms in total. The van der Waals surface area contributed by atoms with Gasteiger partial charge in [-0.25, -0.2) is 8.42 Å². The van der Waals surface area contributed by atoms with Gasteiger partial charge in [-0.15, -0.1) is 0 Å². The fraction of sp³-hybridized carbons (Fsp3) is 0.400. The van der Waals surface area contributed by atoms with Crippen molar-refractivity contribution >= 4 is 9.84 Å². The topological polar surface area (TPSA) is 60.2 Å². The normalized spacial score (nSPS) is 29.6. The van der Waals surface area contributed by atoms with Crippen LogP contribution in [0.2, 0.25) is 0 Å². The van der Waals surface area contributed by atoms with Crippen LogP contribution in [0.15, 0.2) is 24.3 Å². The van der Waals surface area contributed by atoms with E-state index in [-0.39, 0.29) is 11.8 Å². The number of rotatable bonds is 1. The van der Waals surface area contributed by atoms with E-state index >= 15 is 0 Å². The van der Waals surface area contributed by atoms with Crippen molar-refractivity contribution in [1.82, 2.24) is 0 Å². The second-order valence-corrected chi connectivity index (χ2v) is 6.00. The lowest BCUT2D eigenvalue weighted by molar-refractivity contribution is 0.523. The van der Waals surface area contributed by atoms with Gasteiger partial charge in [0.2, 0.25) is 0 Å². The van der Waals surface area contributed by atoms with Crippen LogP contribution in [0.5, 0.6) is 0 Å². The van der Waals surface area contributed by atoms with Crippen LogP contribution in [-0.2, 0) is 9.84 Å². The van der Waals surface area contributed by atoms with Gasteiger partial charge in [0, 0.05) is 6.04 Å². The van der Waals surface area contributed by atoms with Gasteiger partial charge in [0.25, 0.3) is 0 Å². The Morgan fingerprint density at radius 1 is 1.43 bits per heavy atom. The van der Waals surface area contributed by atoms with Crippen LogP contribution < -0.4 is 5.73 Å². The Kier molecular flexibility index (Phi) is 2.12. The van der Waals surface area contributed by atoms with Crippen molar-refractivity contribution in [2.75, 3.05) is 5.75 Å². The van der Waals surface area contributed by atoms with Crippen molar-refractivity contribution in [3.63, 3.8) is 0 Å². The number of nitrogens with two attached hydrogens (primary N) is 1. The maximum Gasteiger partial charge on any atom is 0.160 e. The zero-order chi connectivity index (χ0) is 10.3. The molecule has 0 saturated carbocycles. The predicted molar refractivity (Wildman–Crippen MR) is 55.7 cm³/mol. The van der Waals surface area contributed by atoms with Crippen molar-refractivity contribution in [2.45, 2.75) is 18.2 Å². The number of benzene rings is 1. The Hall–Kier alpha value is -0.870. The fourth-order valence-corrected chi connectivity index (χ4v) is 3.67. The van der Waals surface area contributed by atoms with Crippen LogP contribution in [0.1, 0.15) is 16.4 Å². The van der Waals surface area contributed by atoms with E-state index in [2.05, 4.69) is 0 Å². The van der Waals surface area contributed by atoms with Crippen LogP contribution in [0.3, 0.4) is 0 Å². The average Bonchev–Trinajstić information content (AvgIpc) is 2.01. The second kappa shape index (κ2) is 3.07. The third-order valence-electron chi connectivity index (χ3n) is 2.57. The molecule has 1 fully saturated rings. The Labute approximate surface area is 83.9 Å². The maximum atomic E-state index is 11.5. The van der Waals surface area contributed by atoms with E-state index in [1.54, 1.807) is 0 Å². The fourth-order valence-electron chi connectivity index (χ4n) is 1.91. The molecule has 14 heavy (non-hydrogen) atoms. The summed E-state index contributed by atoms with van der Waals surface area (Å²) in [6.07, 6.45) is 0. The van der Waals surface area contributed by atoms with E-state index in [1.165, 1.54) is 0 Å². The minimum Gasteiger partial charge on any atom is -0.325 e. The third-order valence-corrected chi connectivity index (χ3v) is 4.82. The zero-order valence-corrected chi connectivity index (χ0v) is 8.79. The highest BCUT2D eigenvalue weighted by Gasteiger charge is 2.44. The molecule has 0 amide bonds. The summed E-state index contributed by atoms with van der Waals surface area (Å²) in [7, 11) is -2.97. The number of hydrogen-bond acceptors (Lipinski definition) is 3. The van der Waals surface area contributed by atoms with Crippen molar-refractivity contribution < 1.29 is 8.42 Å². The molecule has 0 aliphatic carbocycles. The molecule has 2 atom stereocenters. The van der Waals surface area contributed by atoms with E-state index in [0.29, 0.717) is 0 Å². The molecular formula is C10H13NO2S. The van der Waals surface area contributed by atoms with Gasteiger partial charge in [0.15, 0.2) is 9.84 Å². The zero-order valence-electron chi connectivity index (χ0n) is 7.97. The van der Waals surface area contributed by atoms with E-state index in [1.807, 2.05) is 31.2 Å². The number of aryl methyl sites for hydroxylation is 1. The van der Waals surface area contributed by atoms with Gasteiger partial charge in [0.1, 0.15) is 5.25 Å². The number of hydrogen-bond donors (Lipinski definition) is 1. The molecule has 0 spiro atoms. The Morgan fingerprint density at radius 2 is 2.14 bits per heavy atom. The second-order valence-electron chi connectivity index (χ2n) is 3.83. The van der Waals surface area contributed by atoms with Crippen LogP contribution >= 0.6 is 0 Å². The minimum absolute atomic E-state index is 0.117. The molecule has 76 valence electrons. The van der Waals surface area contributed by atoms with Gasteiger partial charge in [-0.1, -0.05) is 29.8 Å². The first-order valence-corrected chi connectivity index (χ1v) is 6.26. The highest BCUT2D eigenvalue weighted by molar-refractivity contribution is 7.93. The monoisotopic (exact) mass is 211 g/mol. The van der Waals surface area contributed by atoms with Gasteiger partial charge in [-0.3, -0.25) is 0 Å². The molecule has 2 N–H and O–H groups in total. The highest BCUT2D eigenvalue weighted by Crippen LogP contribution is 2.35. The quantitative estimate of drug-likeness (QED) is 0.747. The summed E-state index contributed by atoms with van der Waals surface area (Å²) in [5.41, 5.74) is 7.59. The Balaban J connectivity index is 2.41. The first-order chi connectivity index (χ1) is 6.50. The standard InChI is InChI=1S/C10H13NO2S/c1-7-3-2-4-8(5-7)10-9(11)6-14(10,12)13/h2-5,9-10H,6,11H2,1H3. The average molecular weight is 211 g/mol. The molecule has 1 aliphatic rings. The van der Waals surface area contributed by atoms with Crippen LogP contribution in [0, 0.1) is 6.92 Å². The summed E-state index contributed by atoms with van der Waals surface area (Å²) in [5, 5.41) is -0.484. The minimum atomic E-state index is -2.97. The number of sulfone groups is 1. The molecule has 1 heterocycles. The van der Waals surface area contributed by atoms with Crippen molar-refractivity contribution in [2.24, 2.45) is 5.73 Å². The highest BCUT2D eigenvalue weighted by atomic mass is 32.2. The largest absolute Gasteiger partial charge is 0.325 e. The molecule has 1 aromatic rings. The molecule has 1 aromatic carbocycles. The molecule has 0 aromatic heterocycles. The summed E-state index contributed by atoms with van der Waals surface area (Å²) in [5.74, 6) is 0.117. The van der Waals surface area contributed by atoms with Gasteiger partial charge in [0.05, 0.1) is 5.75 Å². The Bertz CT molecular complexity index is 453. The Morgan fingerprint density at radius 3 is 2.64 bits per heavy atom. The summed E-state index contributed by atoms with van der Waals surface area (Å²) < 4.78 is 22.9. The van der Waals surface area contributed by atoms with E-state index in [0.717, 1.165) is 11.1 Å². The van der Waals surface area contributed by atoms with E-state index in [4.69, 9.17) is 5.73 Å². The molecular weight excluding hydrogens is 198 g/mol. The van der Waals surface area contributed by atoms with E-state index in [9.17, 15) is 8.42 Å². The summed E-state index contributed by atoms with van der Waals surface area (Å²) in [6.45, 7) is 1.94. The first-order valence-electron chi connectivity index (χ1n) is 4.54. The summed E-state index contributed by atoms with van der Waals surface area (Å²) in [4.78, 5) is 0. The van der Waals surface area contributed by atoms with Crippen LogP contribution in [-0.4, -0.2) is 20.2 Å². The summed E-state index contributed by atoms with van der Waals surface area (Å²) >= 11 is 0. The molecule has 4 heteroatoms. The van der Waals surface area contributed by atoms with E-state index < -0.39 is 15.1 Å². The maximum absolute atomic E-state index is 11.5. The summed E-state index contributed by atoms with van der Waals surface area (Å²) in [6, 6.07) is 7.29. The molecule has 0 bridgehead atoms. The molecule has 2 rings (SSSR count). The molecule has 2 unspecified atom stereocenters. The molecule has 1 saturated heterocycles. The van der Waals surface area contributed by atoms with Crippen LogP contribution in [0.25, 0.3) is 0 Å². The van der Waals surface area contributed by atoms with Gasteiger partial charge < -0.3 is 5.73 Å². The van der Waals surface area contributed by atoms with Gasteiger partial charge >= 0.3 is 0 Å². The van der Waals surface area contributed by atoms with Crippen molar-refractivity contribution in [3.05, 3.63) is 35.4 Å². The SMILES string of the molecule is Cc1cccc(C2C(N)CS2(=O)=O)c1. The lowest BCUT2D eigenvalue weighted by atomic mass is 10.0. The molecule has 1 aliphatic heterocycles. The lowest BCUT2D eigenvalue weighted by Crippen LogP contribution is -2.50. The van der Waals surface area contributed by atoms with Crippen molar-refractivity contribution in [1.29, 1.82) is 0 Å².